The lowest BCUT2D eigenvalue weighted by atomic mass is 10.4. The van der Waals surface area contributed by atoms with Crippen LogP contribution in [0.5, 0.6) is 0 Å². The zero-order valence-corrected chi connectivity index (χ0v) is 13.4. The van der Waals surface area contributed by atoms with E-state index in [0.717, 1.165) is 6.42 Å². The van der Waals surface area contributed by atoms with E-state index < -0.39 is 17.7 Å². The predicted octanol–water partition coefficient (Wildman–Crippen LogP) is 2.96. The zero-order valence-electron chi connectivity index (χ0n) is 11.7. The van der Waals surface area contributed by atoms with Gasteiger partial charge in [0.2, 0.25) is 10.4 Å². The average Bonchev–Trinajstić information content (AvgIpc) is 2.28. The van der Waals surface area contributed by atoms with Crippen molar-refractivity contribution in [2.45, 2.75) is 40.5 Å². The van der Waals surface area contributed by atoms with Crippen molar-refractivity contribution in [1.82, 2.24) is 0 Å². The van der Waals surface area contributed by atoms with Crippen LogP contribution in [0.1, 0.15) is 40.5 Å². The van der Waals surface area contributed by atoms with Gasteiger partial charge >= 0.3 is 0 Å². The maximum absolute atomic E-state index is 9.73. The molecule has 0 heterocycles. The third kappa shape index (κ3) is 14.2. The van der Waals surface area contributed by atoms with E-state index in [1.165, 1.54) is 18.5 Å². The number of rotatable bonds is 7. The van der Waals surface area contributed by atoms with Crippen molar-refractivity contribution in [3.05, 3.63) is 0 Å². The molecule has 0 spiro atoms. The fourth-order valence-electron chi connectivity index (χ4n) is 0.976. The number of hydrogen-bond donors (Lipinski definition) is 0. The van der Waals surface area contributed by atoms with Crippen molar-refractivity contribution < 1.29 is 17.2 Å². The first-order valence-electron chi connectivity index (χ1n) is 6.18. The molecule has 0 saturated carbocycles. The normalized spacial score (nSPS) is 11.9. The van der Waals surface area contributed by atoms with Crippen LogP contribution in [0.25, 0.3) is 0 Å². The molecular weight excluding hydrogens is 259 g/mol. The summed E-state index contributed by atoms with van der Waals surface area (Å²) >= 11 is 0. The molecular formula is C11H27O4PS. The minimum Gasteiger partial charge on any atom is -0.726 e. The molecule has 0 aliphatic heterocycles. The first-order valence-corrected chi connectivity index (χ1v) is 10.3. The maximum Gasteiger partial charge on any atom is 0.217 e. The highest BCUT2D eigenvalue weighted by atomic mass is 32.3. The van der Waals surface area contributed by atoms with Gasteiger partial charge in [0.25, 0.3) is 0 Å². The van der Waals surface area contributed by atoms with E-state index in [2.05, 4.69) is 31.6 Å². The molecule has 0 amide bonds. The van der Waals surface area contributed by atoms with Crippen molar-refractivity contribution in [3.63, 3.8) is 0 Å². The van der Waals surface area contributed by atoms with Gasteiger partial charge in [0, 0.05) is 13.9 Å². The summed E-state index contributed by atoms with van der Waals surface area (Å²) in [6, 6.07) is 0. The summed E-state index contributed by atoms with van der Waals surface area (Å²) in [5.41, 5.74) is 0. The van der Waals surface area contributed by atoms with Crippen LogP contribution in [-0.4, -0.2) is 44.7 Å². The van der Waals surface area contributed by atoms with Crippen molar-refractivity contribution >= 4 is 17.7 Å². The van der Waals surface area contributed by atoms with Crippen LogP contribution >= 0.6 is 7.26 Å². The maximum atomic E-state index is 9.73. The van der Waals surface area contributed by atoms with Gasteiger partial charge in [-0.15, -0.1) is 0 Å². The first-order chi connectivity index (χ1) is 7.74. The first kappa shape index (κ1) is 19.6. The third-order valence-corrected chi connectivity index (χ3v) is 8.05. The lowest BCUT2D eigenvalue weighted by Gasteiger charge is -2.16. The topological polar surface area (TPSA) is 66.4 Å². The second-order valence-electron chi connectivity index (χ2n) is 4.15. The Morgan fingerprint density at radius 3 is 1.65 bits per heavy atom. The van der Waals surface area contributed by atoms with E-state index in [1.54, 1.807) is 0 Å². The molecule has 0 unspecified atom stereocenters. The lowest BCUT2D eigenvalue weighted by molar-refractivity contribution is 0.257. The van der Waals surface area contributed by atoms with Gasteiger partial charge in [-0.1, -0.05) is 13.3 Å². The van der Waals surface area contributed by atoms with Gasteiger partial charge in [0.05, 0.1) is 25.1 Å². The second kappa shape index (κ2) is 10.2. The highest BCUT2D eigenvalue weighted by Gasteiger charge is 2.22. The largest absolute Gasteiger partial charge is 0.726 e. The number of unbranched alkanes of at least 4 members (excludes halogenated alkanes) is 1. The SMILES string of the molecule is CCCCOS(=O)(=O)[O-].CC[P+](C)(CC)CC. The van der Waals surface area contributed by atoms with Gasteiger partial charge < -0.3 is 4.55 Å². The Kier molecular flexibility index (Phi) is 11.8. The minimum atomic E-state index is -4.45. The Balaban J connectivity index is 0. The van der Waals surface area contributed by atoms with Gasteiger partial charge in [0.15, 0.2) is 0 Å². The van der Waals surface area contributed by atoms with E-state index in [1.807, 2.05) is 6.92 Å². The van der Waals surface area contributed by atoms with E-state index in [-0.39, 0.29) is 6.61 Å². The molecule has 0 bridgehead atoms. The van der Waals surface area contributed by atoms with Crippen LogP contribution < -0.4 is 0 Å². The Labute approximate surface area is 107 Å². The molecule has 106 valence electrons. The van der Waals surface area contributed by atoms with Crippen molar-refractivity contribution in [1.29, 1.82) is 0 Å². The zero-order chi connectivity index (χ0) is 13.9. The Morgan fingerprint density at radius 2 is 1.47 bits per heavy atom. The molecule has 0 aliphatic carbocycles. The Morgan fingerprint density at radius 1 is 1.06 bits per heavy atom. The third-order valence-electron chi connectivity index (χ3n) is 3.02. The summed E-state index contributed by atoms with van der Waals surface area (Å²) in [7, 11) is -4.86. The van der Waals surface area contributed by atoms with Gasteiger partial charge in [-0.2, -0.15) is 0 Å². The summed E-state index contributed by atoms with van der Waals surface area (Å²) in [5.74, 6) is 0. The highest BCUT2D eigenvalue weighted by Crippen LogP contribution is 2.53. The highest BCUT2D eigenvalue weighted by molar-refractivity contribution is 7.80. The van der Waals surface area contributed by atoms with Crippen molar-refractivity contribution in [2.24, 2.45) is 0 Å². The molecule has 0 atom stereocenters. The molecule has 0 aromatic rings. The summed E-state index contributed by atoms with van der Waals surface area (Å²) in [4.78, 5) is 0. The predicted molar refractivity (Wildman–Crippen MR) is 75.0 cm³/mol. The van der Waals surface area contributed by atoms with Crippen LogP contribution in [0.4, 0.5) is 0 Å². The molecule has 0 radical (unpaired) electrons. The van der Waals surface area contributed by atoms with E-state index >= 15 is 0 Å². The molecule has 0 aliphatic rings. The smallest absolute Gasteiger partial charge is 0.217 e. The average molecular weight is 286 g/mol. The van der Waals surface area contributed by atoms with Crippen molar-refractivity contribution in [3.8, 4) is 0 Å². The van der Waals surface area contributed by atoms with E-state index in [0.29, 0.717) is 6.42 Å². The molecule has 6 heteroatoms. The quantitative estimate of drug-likeness (QED) is 0.312. The molecule has 0 N–H and O–H groups in total. The van der Waals surface area contributed by atoms with Gasteiger partial charge in [0.1, 0.15) is 0 Å². The lowest BCUT2D eigenvalue weighted by Crippen LogP contribution is -2.04. The Hall–Kier alpha value is 0.300. The molecule has 17 heavy (non-hydrogen) atoms. The van der Waals surface area contributed by atoms with Crippen molar-refractivity contribution in [2.75, 3.05) is 31.8 Å². The van der Waals surface area contributed by atoms with Crippen LogP contribution in [0.15, 0.2) is 0 Å². The summed E-state index contributed by atoms with van der Waals surface area (Å²) in [6.07, 6.45) is 5.71. The molecule has 0 rings (SSSR count). The summed E-state index contributed by atoms with van der Waals surface area (Å²) in [5, 5.41) is 0. The Bertz CT molecular complexity index is 252. The molecule has 0 saturated heterocycles. The standard InChI is InChI=1S/C7H18P.C4H10O4S/c1-5-8(4,6-2)7-3;1-2-3-4-8-9(5,6)7/h5-7H2,1-4H3;2-4H2,1H3,(H,5,6,7)/q+1;/p-1. The molecule has 0 fully saturated rings. The van der Waals surface area contributed by atoms with Gasteiger partial charge in [-0.05, 0) is 27.2 Å². The summed E-state index contributed by atoms with van der Waals surface area (Å²) in [6.45, 7) is 11.3. The second-order valence-corrected chi connectivity index (χ2v) is 10.3. The van der Waals surface area contributed by atoms with Gasteiger partial charge in [-0.25, -0.2) is 8.42 Å². The van der Waals surface area contributed by atoms with E-state index in [9.17, 15) is 13.0 Å². The molecule has 0 aromatic carbocycles. The monoisotopic (exact) mass is 286 g/mol. The fraction of sp³-hybridized carbons (Fsp3) is 1.00. The molecule has 4 nitrogen and oxygen atoms in total. The van der Waals surface area contributed by atoms with Crippen LogP contribution in [0.3, 0.4) is 0 Å². The fourth-order valence-corrected chi connectivity index (χ4v) is 2.64. The van der Waals surface area contributed by atoms with Gasteiger partial charge in [-0.3, -0.25) is 4.18 Å². The van der Waals surface area contributed by atoms with Crippen LogP contribution in [0, 0.1) is 0 Å². The molecule has 0 aromatic heterocycles. The summed E-state index contributed by atoms with van der Waals surface area (Å²) < 4.78 is 33.1. The van der Waals surface area contributed by atoms with E-state index in [4.69, 9.17) is 0 Å². The number of hydrogen-bond acceptors (Lipinski definition) is 4. The van der Waals surface area contributed by atoms with Crippen LogP contribution in [0.2, 0.25) is 0 Å². The van der Waals surface area contributed by atoms with Crippen LogP contribution in [-0.2, 0) is 14.6 Å². The minimum absolute atomic E-state index is 0.00231.